The quantitative estimate of drug-likeness (QED) is 0.835. The van der Waals surface area contributed by atoms with Gasteiger partial charge in [-0.2, -0.15) is 0 Å². The van der Waals surface area contributed by atoms with E-state index in [0.717, 1.165) is 4.88 Å². The van der Waals surface area contributed by atoms with Gasteiger partial charge in [0.25, 0.3) is 0 Å². The van der Waals surface area contributed by atoms with Crippen LogP contribution in [-0.4, -0.2) is 7.11 Å². The van der Waals surface area contributed by atoms with Gasteiger partial charge in [-0.3, -0.25) is 0 Å². The minimum atomic E-state index is -0.551. The SMILES string of the molecule is COc1csc(C(N)c2ccc(Br)c(Cl)c2F)c1. The van der Waals surface area contributed by atoms with Crippen molar-refractivity contribution >= 4 is 38.9 Å². The second-order valence-electron chi connectivity index (χ2n) is 3.63. The van der Waals surface area contributed by atoms with Crippen LogP contribution in [-0.2, 0) is 0 Å². The van der Waals surface area contributed by atoms with Crippen LogP contribution in [0.3, 0.4) is 0 Å². The average molecular weight is 351 g/mol. The Balaban J connectivity index is 2.39. The molecule has 1 atom stereocenters. The summed E-state index contributed by atoms with van der Waals surface area (Å²) in [6.07, 6.45) is 0. The first-order valence-corrected chi connectivity index (χ1v) is 7.11. The van der Waals surface area contributed by atoms with Gasteiger partial charge < -0.3 is 10.5 Å². The highest BCUT2D eigenvalue weighted by Gasteiger charge is 2.19. The van der Waals surface area contributed by atoms with E-state index in [1.165, 1.54) is 11.3 Å². The van der Waals surface area contributed by atoms with Crippen LogP contribution in [0.15, 0.2) is 28.1 Å². The molecule has 0 saturated heterocycles. The predicted octanol–water partition coefficient (Wildman–Crippen LogP) is 4.36. The summed E-state index contributed by atoms with van der Waals surface area (Å²) >= 11 is 10.4. The molecule has 18 heavy (non-hydrogen) atoms. The zero-order valence-electron chi connectivity index (χ0n) is 9.41. The Kier molecular flexibility index (Phi) is 4.27. The molecule has 1 aromatic carbocycles. The molecule has 2 nitrogen and oxygen atoms in total. The third-order valence-corrected chi connectivity index (χ3v) is 4.79. The zero-order chi connectivity index (χ0) is 13.3. The van der Waals surface area contributed by atoms with Crippen LogP contribution in [0.2, 0.25) is 5.02 Å². The van der Waals surface area contributed by atoms with Crippen molar-refractivity contribution in [2.45, 2.75) is 6.04 Å². The van der Waals surface area contributed by atoms with E-state index in [-0.39, 0.29) is 5.02 Å². The maximum absolute atomic E-state index is 14.0. The first-order valence-electron chi connectivity index (χ1n) is 5.06. The number of methoxy groups -OCH3 is 1. The van der Waals surface area contributed by atoms with E-state index in [2.05, 4.69) is 15.9 Å². The third kappa shape index (κ3) is 2.54. The number of halogens is 3. The Morgan fingerprint density at radius 1 is 1.50 bits per heavy atom. The van der Waals surface area contributed by atoms with Crippen LogP contribution in [0.4, 0.5) is 4.39 Å². The van der Waals surface area contributed by atoms with Gasteiger partial charge in [0.15, 0.2) is 0 Å². The number of nitrogens with two attached hydrogens (primary N) is 1. The number of ether oxygens (including phenoxy) is 1. The van der Waals surface area contributed by atoms with Gasteiger partial charge in [-0.05, 0) is 28.1 Å². The summed E-state index contributed by atoms with van der Waals surface area (Å²) in [6, 6.07) is 4.56. The summed E-state index contributed by atoms with van der Waals surface area (Å²) in [6.45, 7) is 0. The van der Waals surface area contributed by atoms with Gasteiger partial charge in [0.05, 0.1) is 18.2 Å². The molecule has 0 aliphatic rings. The molecule has 1 heterocycles. The third-order valence-electron chi connectivity index (χ3n) is 2.54. The highest BCUT2D eigenvalue weighted by molar-refractivity contribution is 9.10. The molecule has 0 spiro atoms. The lowest BCUT2D eigenvalue weighted by Crippen LogP contribution is -2.12. The van der Waals surface area contributed by atoms with Crippen LogP contribution in [0, 0.1) is 5.82 Å². The van der Waals surface area contributed by atoms with Gasteiger partial charge in [-0.15, -0.1) is 11.3 Å². The minimum absolute atomic E-state index is 0.0477. The topological polar surface area (TPSA) is 35.2 Å². The van der Waals surface area contributed by atoms with E-state index >= 15 is 0 Å². The van der Waals surface area contributed by atoms with Gasteiger partial charge in [-0.25, -0.2) is 4.39 Å². The molecule has 0 saturated carbocycles. The van der Waals surface area contributed by atoms with Crippen LogP contribution >= 0.6 is 38.9 Å². The normalized spacial score (nSPS) is 12.5. The number of hydrogen-bond donors (Lipinski definition) is 1. The van der Waals surface area contributed by atoms with Crippen molar-refractivity contribution in [3.05, 3.63) is 49.3 Å². The number of thiophene rings is 1. The lowest BCUT2D eigenvalue weighted by molar-refractivity contribution is 0.416. The van der Waals surface area contributed by atoms with Gasteiger partial charge in [0, 0.05) is 20.3 Å². The highest BCUT2D eigenvalue weighted by Crippen LogP contribution is 2.34. The first-order chi connectivity index (χ1) is 8.54. The van der Waals surface area contributed by atoms with Crippen molar-refractivity contribution < 1.29 is 9.13 Å². The van der Waals surface area contributed by atoms with Gasteiger partial charge in [0.2, 0.25) is 0 Å². The summed E-state index contributed by atoms with van der Waals surface area (Å²) in [5.74, 6) is 0.222. The molecule has 2 rings (SSSR count). The molecule has 1 unspecified atom stereocenters. The number of benzene rings is 1. The van der Waals surface area contributed by atoms with Gasteiger partial charge in [-0.1, -0.05) is 17.7 Å². The fraction of sp³-hybridized carbons (Fsp3) is 0.167. The van der Waals surface area contributed by atoms with Crippen LogP contribution in [0.25, 0.3) is 0 Å². The second-order valence-corrected chi connectivity index (χ2v) is 5.81. The van der Waals surface area contributed by atoms with E-state index in [1.807, 2.05) is 5.38 Å². The van der Waals surface area contributed by atoms with Crippen LogP contribution in [0.1, 0.15) is 16.5 Å². The molecule has 0 bridgehead atoms. The van der Waals surface area contributed by atoms with E-state index in [4.69, 9.17) is 22.1 Å². The Morgan fingerprint density at radius 3 is 2.83 bits per heavy atom. The highest BCUT2D eigenvalue weighted by atomic mass is 79.9. The number of hydrogen-bond acceptors (Lipinski definition) is 3. The zero-order valence-corrected chi connectivity index (χ0v) is 12.6. The average Bonchev–Trinajstić information content (AvgIpc) is 2.84. The smallest absolute Gasteiger partial charge is 0.148 e. The van der Waals surface area contributed by atoms with Crippen LogP contribution < -0.4 is 10.5 Å². The van der Waals surface area contributed by atoms with Crippen molar-refractivity contribution in [3.63, 3.8) is 0 Å². The fourth-order valence-corrected chi connectivity index (χ4v) is 2.89. The number of rotatable bonds is 3. The molecule has 0 aliphatic carbocycles. The summed E-state index contributed by atoms with van der Waals surface area (Å²) in [5.41, 5.74) is 6.41. The van der Waals surface area contributed by atoms with E-state index in [1.54, 1.807) is 25.3 Å². The van der Waals surface area contributed by atoms with E-state index < -0.39 is 11.9 Å². The Morgan fingerprint density at radius 2 is 2.22 bits per heavy atom. The molecule has 0 amide bonds. The standard InChI is InChI=1S/C12H10BrClFNOS/c1-17-6-4-9(18-5-6)12(16)7-2-3-8(13)10(14)11(7)15/h2-5,12H,16H2,1H3. The lowest BCUT2D eigenvalue weighted by Gasteiger charge is -2.12. The summed E-state index contributed by atoms with van der Waals surface area (Å²) in [5, 5.41) is 1.87. The molecule has 0 fully saturated rings. The molecular formula is C12H10BrClFNOS. The summed E-state index contributed by atoms with van der Waals surface area (Å²) in [7, 11) is 1.58. The monoisotopic (exact) mass is 349 g/mol. The molecule has 96 valence electrons. The molecule has 6 heteroatoms. The molecule has 0 aliphatic heterocycles. The summed E-state index contributed by atoms with van der Waals surface area (Å²) in [4.78, 5) is 0.823. The lowest BCUT2D eigenvalue weighted by atomic mass is 10.1. The van der Waals surface area contributed by atoms with Crippen molar-refractivity contribution in [1.29, 1.82) is 0 Å². The molecule has 1 aromatic heterocycles. The van der Waals surface area contributed by atoms with Crippen molar-refractivity contribution in [2.24, 2.45) is 5.73 Å². The molecular weight excluding hydrogens is 341 g/mol. The molecule has 2 aromatic rings. The fourth-order valence-electron chi connectivity index (χ4n) is 1.54. The molecule has 0 radical (unpaired) electrons. The van der Waals surface area contributed by atoms with Crippen molar-refractivity contribution in [3.8, 4) is 5.75 Å². The Hall–Kier alpha value is -0.620. The first kappa shape index (κ1) is 13.8. The molecule has 2 N–H and O–H groups in total. The van der Waals surface area contributed by atoms with Crippen molar-refractivity contribution in [2.75, 3.05) is 7.11 Å². The van der Waals surface area contributed by atoms with Gasteiger partial charge in [0.1, 0.15) is 11.6 Å². The Bertz CT molecular complexity index is 575. The predicted molar refractivity (Wildman–Crippen MR) is 76.0 cm³/mol. The summed E-state index contributed by atoms with van der Waals surface area (Å²) < 4.78 is 19.6. The maximum Gasteiger partial charge on any atom is 0.148 e. The minimum Gasteiger partial charge on any atom is -0.496 e. The Labute approximate surface area is 122 Å². The second kappa shape index (κ2) is 5.57. The largest absolute Gasteiger partial charge is 0.496 e. The van der Waals surface area contributed by atoms with Crippen LogP contribution in [0.5, 0.6) is 5.75 Å². The van der Waals surface area contributed by atoms with E-state index in [9.17, 15) is 4.39 Å². The van der Waals surface area contributed by atoms with E-state index in [0.29, 0.717) is 15.8 Å². The maximum atomic E-state index is 14.0. The van der Waals surface area contributed by atoms with Gasteiger partial charge >= 0.3 is 0 Å². The van der Waals surface area contributed by atoms with Crippen molar-refractivity contribution in [1.82, 2.24) is 0 Å².